The van der Waals surface area contributed by atoms with Crippen LogP contribution in [0.2, 0.25) is 0 Å². The molecule has 72 valence electrons. The second-order valence-corrected chi connectivity index (χ2v) is 3.05. The standard InChI is InChI=1S/C10H15NO2/c1-8(11-12)7-9-5-3-4-6-10(9)13-2/h3-6,8,11-12H,7H2,1-2H3. The van der Waals surface area contributed by atoms with Gasteiger partial charge in [-0.05, 0) is 25.0 Å². The van der Waals surface area contributed by atoms with E-state index in [1.165, 1.54) is 0 Å². The van der Waals surface area contributed by atoms with Gasteiger partial charge in [0.05, 0.1) is 7.11 Å². The Balaban J connectivity index is 2.74. The summed E-state index contributed by atoms with van der Waals surface area (Å²) in [4.78, 5) is 0. The topological polar surface area (TPSA) is 41.5 Å². The van der Waals surface area contributed by atoms with E-state index < -0.39 is 0 Å². The molecule has 0 aromatic heterocycles. The Hall–Kier alpha value is -1.06. The van der Waals surface area contributed by atoms with Crippen LogP contribution in [0.3, 0.4) is 0 Å². The van der Waals surface area contributed by atoms with Gasteiger partial charge in [-0.2, -0.15) is 0 Å². The highest BCUT2D eigenvalue weighted by molar-refractivity contribution is 5.33. The van der Waals surface area contributed by atoms with Crippen LogP contribution >= 0.6 is 0 Å². The highest BCUT2D eigenvalue weighted by Gasteiger charge is 2.05. The minimum Gasteiger partial charge on any atom is -0.496 e. The Morgan fingerprint density at radius 3 is 2.77 bits per heavy atom. The van der Waals surface area contributed by atoms with Gasteiger partial charge < -0.3 is 9.94 Å². The van der Waals surface area contributed by atoms with Crippen LogP contribution in [0.1, 0.15) is 12.5 Å². The highest BCUT2D eigenvalue weighted by atomic mass is 16.5. The third-order valence-electron chi connectivity index (χ3n) is 1.94. The van der Waals surface area contributed by atoms with E-state index in [2.05, 4.69) is 5.48 Å². The average molecular weight is 181 g/mol. The van der Waals surface area contributed by atoms with Crippen molar-refractivity contribution in [3.05, 3.63) is 29.8 Å². The van der Waals surface area contributed by atoms with Crippen molar-refractivity contribution in [3.63, 3.8) is 0 Å². The lowest BCUT2D eigenvalue weighted by molar-refractivity contribution is 0.132. The molecule has 3 heteroatoms. The quantitative estimate of drug-likeness (QED) is 0.693. The summed E-state index contributed by atoms with van der Waals surface area (Å²) in [5, 5.41) is 8.67. The third-order valence-corrected chi connectivity index (χ3v) is 1.94. The zero-order chi connectivity index (χ0) is 9.68. The van der Waals surface area contributed by atoms with E-state index in [1.54, 1.807) is 7.11 Å². The van der Waals surface area contributed by atoms with E-state index in [9.17, 15) is 0 Å². The number of nitrogens with one attached hydrogen (secondary N) is 1. The van der Waals surface area contributed by atoms with E-state index >= 15 is 0 Å². The Morgan fingerprint density at radius 1 is 1.46 bits per heavy atom. The Bertz CT molecular complexity index is 263. The highest BCUT2D eigenvalue weighted by Crippen LogP contribution is 2.18. The maximum atomic E-state index is 8.67. The molecule has 0 saturated carbocycles. The van der Waals surface area contributed by atoms with Crippen LogP contribution in [0.4, 0.5) is 0 Å². The van der Waals surface area contributed by atoms with Gasteiger partial charge >= 0.3 is 0 Å². The van der Waals surface area contributed by atoms with Gasteiger partial charge in [0.25, 0.3) is 0 Å². The summed E-state index contributed by atoms with van der Waals surface area (Å²) in [6.07, 6.45) is 0.751. The molecule has 0 aliphatic carbocycles. The predicted molar refractivity (Wildman–Crippen MR) is 51.1 cm³/mol. The number of ether oxygens (including phenoxy) is 1. The minimum absolute atomic E-state index is 0.0382. The summed E-state index contributed by atoms with van der Waals surface area (Å²) in [6.45, 7) is 1.91. The summed E-state index contributed by atoms with van der Waals surface area (Å²) in [6, 6.07) is 7.84. The van der Waals surface area contributed by atoms with Gasteiger partial charge in [0.15, 0.2) is 0 Å². The first-order valence-electron chi connectivity index (χ1n) is 4.29. The first-order chi connectivity index (χ1) is 6.27. The molecule has 1 aromatic carbocycles. The Labute approximate surface area is 78.3 Å². The molecule has 0 saturated heterocycles. The number of methoxy groups -OCH3 is 1. The molecule has 0 heterocycles. The largest absolute Gasteiger partial charge is 0.496 e. The first kappa shape index (κ1) is 10.0. The van der Waals surface area contributed by atoms with Crippen molar-refractivity contribution in [1.29, 1.82) is 0 Å². The van der Waals surface area contributed by atoms with Gasteiger partial charge in [-0.25, -0.2) is 5.48 Å². The lowest BCUT2D eigenvalue weighted by Gasteiger charge is -2.11. The van der Waals surface area contributed by atoms with E-state index in [0.29, 0.717) is 0 Å². The summed E-state index contributed by atoms with van der Waals surface area (Å²) in [7, 11) is 1.65. The predicted octanol–water partition coefficient (Wildman–Crippen LogP) is 1.60. The van der Waals surface area contributed by atoms with Crippen molar-refractivity contribution >= 4 is 0 Å². The zero-order valence-electron chi connectivity index (χ0n) is 7.95. The van der Waals surface area contributed by atoms with E-state index in [4.69, 9.17) is 9.94 Å². The third kappa shape index (κ3) is 2.72. The van der Waals surface area contributed by atoms with E-state index in [-0.39, 0.29) is 6.04 Å². The molecule has 0 aliphatic heterocycles. The second kappa shape index (κ2) is 4.84. The molecule has 0 amide bonds. The van der Waals surface area contributed by atoms with Gasteiger partial charge in [-0.3, -0.25) is 0 Å². The van der Waals surface area contributed by atoms with Crippen LogP contribution in [-0.2, 0) is 6.42 Å². The van der Waals surface area contributed by atoms with Gasteiger partial charge in [0.1, 0.15) is 5.75 Å². The lowest BCUT2D eigenvalue weighted by atomic mass is 10.1. The molecule has 3 nitrogen and oxygen atoms in total. The first-order valence-corrected chi connectivity index (χ1v) is 4.29. The van der Waals surface area contributed by atoms with Gasteiger partial charge in [0, 0.05) is 6.04 Å². The molecule has 13 heavy (non-hydrogen) atoms. The van der Waals surface area contributed by atoms with Gasteiger partial charge in [-0.15, -0.1) is 0 Å². The molecule has 0 spiro atoms. The monoisotopic (exact) mass is 181 g/mol. The number of benzene rings is 1. The molecule has 0 bridgehead atoms. The molecule has 1 unspecified atom stereocenters. The van der Waals surface area contributed by atoms with Crippen LogP contribution in [0.5, 0.6) is 5.75 Å². The van der Waals surface area contributed by atoms with Crippen LogP contribution in [0, 0.1) is 0 Å². The fourth-order valence-electron chi connectivity index (χ4n) is 1.25. The molecular formula is C10H15NO2. The van der Waals surface area contributed by atoms with Crippen molar-refractivity contribution in [2.75, 3.05) is 7.11 Å². The number of hydrogen-bond donors (Lipinski definition) is 2. The minimum atomic E-state index is 0.0382. The van der Waals surface area contributed by atoms with Crippen LogP contribution in [0.25, 0.3) is 0 Å². The molecule has 1 rings (SSSR count). The van der Waals surface area contributed by atoms with E-state index in [0.717, 1.165) is 17.7 Å². The molecule has 0 radical (unpaired) electrons. The van der Waals surface area contributed by atoms with Crippen LogP contribution in [-0.4, -0.2) is 18.4 Å². The fraction of sp³-hybridized carbons (Fsp3) is 0.400. The van der Waals surface area contributed by atoms with Crippen molar-refractivity contribution in [1.82, 2.24) is 5.48 Å². The number of hydroxylamine groups is 1. The molecule has 1 aromatic rings. The molecule has 0 fully saturated rings. The normalized spacial score (nSPS) is 12.5. The maximum Gasteiger partial charge on any atom is 0.122 e. The molecule has 1 atom stereocenters. The fourth-order valence-corrected chi connectivity index (χ4v) is 1.25. The van der Waals surface area contributed by atoms with Crippen molar-refractivity contribution in [3.8, 4) is 5.75 Å². The summed E-state index contributed by atoms with van der Waals surface area (Å²) in [5.74, 6) is 0.865. The van der Waals surface area contributed by atoms with Crippen molar-refractivity contribution in [2.45, 2.75) is 19.4 Å². The second-order valence-electron chi connectivity index (χ2n) is 3.05. The summed E-state index contributed by atoms with van der Waals surface area (Å²) in [5.41, 5.74) is 3.31. The van der Waals surface area contributed by atoms with Crippen molar-refractivity contribution in [2.24, 2.45) is 0 Å². The SMILES string of the molecule is COc1ccccc1CC(C)NO. The Morgan fingerprint density at radius 2 is 2.15 bits per heavy atom. The zero-order valence-corrected chi connectivity index (χ0v) is 7.95. The number of rotatable bonds is 4. The van der Waals surface area contributed by atoms with Gasteiger partial charge in [0.2, 0.25) is 0 Å². The Kier molecular flexibility index (Phi) is 3.73. The van der Waals surface area contributed by atoms with Crippen LogP contribution in [0.15, 0.2) is 24.3 Å². The number of para-hydroxylation sites is 1. The average Bonchev–Trinajstić information content (AvgIpc) is 2.18. The number of hydrogen-bond acceptors (Lipinski definition) is 3. The molecule has 2 N–H and O–H groups in total. The van der Waals surface area contributed by atoms with Gasteiger partial charge in [-0.1, -0.05) is 18.2 Å². The summed E-state index contributed by atoms with van der Waals surface area (Å²) >= 11 is 0. The van der Waals surface area contributed by atoms with E-state index in [1.807, 2.05) is 31.2 Å². The lowest BCUT2D eigenvalue weighted by Crippen LogP contribution is -2.24. The van der Waals surface area contributed by atoms with Crippen molar-refractivity contribution < 1.29 is 9.94 Å². The smallest absolute Gasteiger partial charge is 0.122 e. The summed E-state index contributed by atoms with van der Waals surface area (Å²) < 4.78 is 5.18. The van der Waals surface area contributed by atoms with Crippen LogP contribution < -0.4 is 10.2 Å². The molecule has 0 aliphatic rings. The molecular weight excluding hydrogens is 166 g/mol. The maximum absolute atomic E-state index is 8.67.